The average molecular weight is 402 g/mol. The number of carbonyl (C=O) groups excluding carboxylic acids is 1. The van der Waals surface area contributed by atoms with E-state index in [0.29, 0.717) is 17.3 Å². The van der Waals surface area contributed by atoms with Crippen LogP contribution in [0.25, 0.3) is 16.7 Å². The first-order valence-corrected chi connectivity index (χ1v) is 9.43. The Labute approximate surface area is 173 Å². The van der Waals surface area contributed by atoms with Gasteiger partial charge < -0.3 is 16.0 Å². The summed E-state index contributed by atoms with van der Waals surface area (Å²) in [7, 11) is 3.62. The van der Waals surface area contributed by atoms with Crippen LogP contribution in [-0.4, -0.2) is 44.5 Å². The van der Waals surface area contributed by atoms with Gasteiger partial charge in [0.15, 0.2) is 5.82 Å². The topological polar surface area (TPSA) is 115 Å². The number of carbonyl (C=O) groups is 1. The molecule has 4 aromatic rings. The Kier molecular flexibility index (Phi) is 5.01. The molecule has 0 aliphatic rings. The van der Waals surface area contributed by atoms with Gasteiger partial charge in [0.05, 0.1) is 17.6 Å². The van der Waals surface area contributed by atoms with Crippen molar-refractivity contribution < 1.29 is 4.79 Å². The van der Waals surface area contributed by atoms with Crippen molar-refractivity contribution in [2.75, 3.05) is 24.7 Å². The van der Waals surface area contributed by atoms with Crippen LogP contribution >= 0.6 is 0 Å². The maximum atomic E-state index is 12.7. The minimum absolute atomic E-state index is 0.112. The molecule has 0 aliphatic carbocycles. The third-order valence-electron chi connectivity index (χ3n) is 4.59. The van der Waals surface area contributed by atoms with Gasteiger partial charge in [0.25, 0.3) is 5.91 Å². The molecule has 0 atom stereocenters. The Hall–Kier alpha value is -4.01. The zero-order valence-corrected chi connectivity index (χ0v) is 17.0. The molecule has 2 aromatic heterocycles. The quantitative estimate of drug-likeness (QED) is 0.525. The van der Waals surface area contributed by atoms with E-state index < -0.39 is 0 Å². The maximum absolute atomic E-state index is 12.7. The maximum Gasteiger partial charge on any atom is 0.251 e. The molecule has 1 amide bonds. The molecule has 0 fully saturated rings. The van der Waals surface area contributed by atoms with Crippen LogP contribution in [0.1, 0.15) is 22.0 Å². The number of fused-ring (bicyclic) bond motifs is 1. The molecule has 2 heterocycles. The van der Waals surface area contributed by atoms with Crippen LogP contribution in [-0.2, 0) is 6.54 Å². The predicted octanol–water partition coefficient (Wildman–Crippen LogP) is 2.10. The summed E-state index contributed by atoms with van der Waals surface area (Å²) >= 11 is 0. The van der Waals surface area contributed by atoms with Crippen molar-refractivity contribution in [2.24, 2.45) is 0 Å². The van der Waals surface area contributed by atoms with E-state index in [9.17, 15) is 4.79 Å². The van der Waals surface area contributed by atoms with E-state index >= 15 is 0 Å². The van der Waals surface area contributed by atoms with Crippen LogP contribution in [0.2, 0.25) is 0 Å². The fraction of sp³-hybridized carbons (Fsp3) is 0.190. The molecule has 0 radical (unpaired) electrons. The molecule has 9 heteroatoms. The second-order valence-electron chi connectivity index (χ2n) is 7.02. The van der Waals surface area contributed by atoms with Gasteiger partial charge in [0, 0.05) is 25.3 Å². The Morgan fingerprint density at radius 2 is 1.83 bits per heavy atom. The monoisotopic (exact) mass is 402 g/mol. The molecule has 9 nitrogen and oxygen atoms in total. The summed E-state index contributed by atoms with van der Waals surface area (Å²) in [4.78, 5) is 31.4. The number of hydrogen-bond acceptors (Lipinski definition) is 7. The number of aromatic nitrogens is 5. The van der Waals surface area contributed by atoms with Gasteiger partial charge in [-0.2, -0.15) is 15.0 Å². The third kappa shape index (κ3) is 3.77. The molecule has 30 heavy (non-hydrogen) atoms. The largest absolute Gasteiger partial charge is 0.368 e. The number of imidazole rings is 1. The van der Waals surface area contributed by atoms with E-state index in [-0.39, 0.29) is 18.4 Å². The molecule has 152 valence electrons. The molecule has 0 saturated carbocycles. The number of nitrogens with zero attached hydrogens (tertiary/aromatic N) is 6. The Morgan fingerprint density at radius 3 is 2.57 bits per heavy atom. The van der Waals surface area contributed by atoms with Crippen LogP contribution in [0.15, 0.2) is 48.5 Å². The summed E-state index contributed by atoms with van der Waals surface area (Å²) in [5.41, 5.74) is 8.96. The van der Waals surface area contributed by atoms with E-state index in [1.165, 1.54) is 0 Å². The highest BCUT2D eigenvalue weighted by Gasteiger charge is 2.14. The number of benzene rings is 2. The number of nitrogen functional groups attached to an aromatic ring is 1. The predicted molar refractivity (Wildman–Crippen MR) is 116 cm³/mol. The molecule has 0 aliphatic heterocycles. The first kappa shape index (κ1) is 19.3. The van der Waals surface area contributed by atoms with Crippen molar-refractivity contribution in [1.82, 2.24) is 29.8 Å². The molecular weight excluding hydrogens is 380 g/mol. The Balaban J connectivity index is 1.56. The van der Waals surface area contributed by atoms with Gasteiger partial charge in [-0.3, -0.25) is 9.36 Å². The van der Waals surface area contributed by atoms with Crippen LogP contribution in [0.4, 0.5) is 11.9 Å². The zero-order valence-electron chi connectivity index (χ0n) is 17.0. The zero-order chi connectivity index (χ0) is 21.3. The van der Waals surface area contributed by atoms with Crippen LogP contribution in [0.3, 0.4) is 0 Å². The second kappa shape index (κ2) is 7.78. The summed E-state index contributed by atoms with van der Waals surface area (Å²) in [5, 5.41) is 2.83. The van der Waals surface area contributed by atoms with Crippen molar-refractivity contribution >= 4 is 28.8 Å². The van der Waals surface area contributed by atoms with Gasteiger partial charge in [-0.15, -0.1) is 0 Å². The van der Waals surface area contributed by atoms with Gasteiger partial charge in [0.2, 0.25) is 11.9 Å². The smallest absolute Gasteiger partial charge is 0.251 e. The van der Waals surface area contributed by atoms with Crippen molar-refractivity contribution in [3.8, 4) is 5.69 Å². The Morgan fingerprint density at radius 1 is 1.07 bits per heavy atom. The van der Waals surface area contributed by atoms with Crippen molar-refractivity contribution in [1.29, 1.82) is 0 Å². The standard InChI is InChI=1S/C21H22N8O/c1-13-24-16-11-14(9-10-17(16)29(13)15-7-5-4-6-8-15)19(30)23-12-18-25-20(22)27-21(26-18)28(2)3/h4-11H,12H2,1-3H3,(H,23,30)(H2,22,25,26,27). The number of para-hydroxylation sites is 1. The summed E-state index contributed by atoms with van der Waals surface area (Å²) in [5.74, 6) is 1.56. The van der Waals surface area contributed by atoms with Crippen molar-refractivity contribution in [2.45, 2.75) is 13.5 Å². The minimum Gasteiger partial charge on any atom is -0.368 e. The minimum atomic E-state index is -0.241. The van der Waals surface area contributed by atoms with Gasteiger partial charge in [-0.25, -0.2) is 4.98 Å². The van der Waals surface area contributed by atoms with E-state index in [4.69, 9.17) is 5.73 Å². The molecule has 3 N–H and O–H groups in total. The highest BCUT2D eigenvalue weighted by molar-refractivity contribution is 5.97. The Bertz CT molecular complexity index is 1220. The van der Waals surface area contributed by atoms with Crippen LogP contribution in [0, 0.1) is 6.92 Å². The summed E-state index contributed by atoms with van der Waals surface area (Å²) < 4.78 is 2.06. The van der Waals surface area contributed by atoms with Gasteiger partial charge in [-0.1, -0.05) is 18.2 Å². The normalized spacial score (nSPS) is 10.9. The van der Waals surface area contributed by atoms with E-state index in [0.717, 1.165) is 22.5 Å². The van der Waals surface area contributed by atoms with Crippen molar-refractivity contribution in [3.05, 3.63) is 65.7 Å². The molecule has 4 rings (SSSR count). The lowest BCUT2D eigenvalue weighted by molar-refractivity contribution is 0.0950. The van der Waals surface area contributed by atoms with E-state index in [2.05, 4.69) is 29.8 Å². The molecule has 0 spiro atoms. The lowest BCUT2D eigenvalue weighted by Crippen LogP contribution is -2.25. The number of rotatable bonds is 5. The summed E-state index contributed by atoms with van der Waals surface area (Å²) in [6, 6.07) is 15.5. The van der Waals surface area contributed by atoms with Gasteiger partial charge >= 0.3 is 0 Å². The highest BCUT2D eigenvalue weighted by Crippen LogP contribution is 2.22. The lowest BCUT2D eigenvalue weighted by Gasteiger charge is -2.11. The van der Waals surface area contributed by atoms with Crippen LogP contribution in [0.5, 0.6) is 0 Å². The molecule has 0 unspecified atom stereocenters. The number of hydrogen-bond donors (Lipinski definition) is 2. The summed E-state index contributed by atoms with van der Waals surface area (Å²) in [6.45, 7) is 2.09. The summed E-state index contributed by atoms with van der Waals surface area (Å²) in [6.07, 6.45) is 0. The SMILES string of the molecule is Cc1nc2cc(C(=O)NCc3nc(N)nc(N(C)C)n3)ccc2n1-c1ccccc1. The average Bonchev–Trinajstić information content (AvgIpc) is 3.07. The third-order valence-corrected chi connectivity index (χ3v) is 4.59. The first-order chi connectivity index (χ1) is 14.4. The van der Waals surface area contributed by atoms with Gasteiger partial charge in [0.1, 0.15) is 5.82 Å². The number of anilines is 2. The number of nitrogens with one attached hydrogen (secondary N) is 1. The first-order valence-electron chi connectivity index (χ1n) is 9.43. The molecular formula is C21H22N8O. The fourth-order valence-corrected chi connectivity index (χ4v) is 3.21. The number of nitrogens with two attached hydrogens (primary N) is 1. The van der Waals surface area contributed by atoms with Crippen molar-refractivity contribution in [3.63, 3.8) is 0 Å². The van der Waals surface area contributed by atoms with E-state index in [1.54, 1.807) is 17.0 Å². The van der Waals surface area contributed by atoms with Crippen LogP contribution < -0.4 is 16.0 Å². The molecule has 2 aromatic carbocycles. The van der Waals surface area contributed by atoms with E-state index in [1.807, 2.05) is 57.4 Å². The fourth-order valence-electron chi connectivity index (χ4n) is 3.21. The van der Waals surface area contributed by atoms with Gasteiger partial charge in [-0.05, 0) is 37.3 Å². The number of aryl methyl sites for hydroxylation is 1. The lowest BCUT2D eigenvalue weighted by atomic mass is 10.2. The molecule has 0 bridgehead atoms. The second-order valence-corrected chi connectivity index (χ2v) is 7.02. The molecule has 0 saturated heterocycles. The highest BCUT2D eigenvalue weighted by atomic mass is 16.1. The number of amides is 1.